The molecule has 7 heteroatoms. The molecule has 0 saturated carbocycles. The van der Waals surface area contributed by atoms with Gasteiger partial charge in [0.25, 0.3) is 0 Å². The average molecular weight is 283 g/mol. The van der Waals surface area contributed by atoms with E-state index in [0.717, 1.165) is 16.5 Å². The van der Waals surface area contributed by atoms with Gasteiger partial charge in [0.15, 0.2) is 0 Å². The average Bonchev–Trinajstić information content (AvgIpc) is 2.95. The van der Waals surface area contributed by atoms with E-state index in [-0.39, 0.29) is 6.54 Å². The van der Waals surface area contributed by atoms with E-state index in [2.05, 4.69) is 20.4 Å². The Kier molecular flexibility index (Phi) is 3.57. The van der Waals surface area contributed by atoms with Crippen LogP contribution in [0.1, 0.15) is 5.89 Å². The zero-order chi connectivity index (χ0) is 14.7. The fourth-order valence-electron chi connectivity index (χ4n) is 1.95. The lowest BCUT2D eigenvalue weighted by molar-refractivity contribution is -0.117. The maximum Gasteiger partial charge on any atom is 0.240 e. The summed E-state index contributed by atoms with van der Waals surface area (Å²) in [6.45, 7) is 0.366. The van der Waals surface area contributed by atoms with Crippen molar-refractivity contribution in [3.63, 3.8) is 0 Å². The first-order valence-corrected chi connectivity index (χ1v) is 6.39. The number of rotatable bonds is 5. The molecule has 3 rings (SSSR count). The first-order chi connectivity index (χ1) is 10.2. The summed E-state index contributed by atoms with van der Waals surface area (Å²) in [4.78, 5) is 19.2. The number of nitrogens with one attached hydrogen (secondary N) is 1. The van der Waals surface area contributed by atoms with Crippen molar-refractivity contribution in [3.8, 4) is 11.4 Å². The summed E-state index contributed by atoms with van der Waals surface area (Å²) in [7, 11) is 0. The Morgan fingerprint density at radius 2 is 2.24 bits per heavy atom. The van der Waals surface area contributed by atoms with Gasteiger partial charge in [-0.3, -0.25) is 15.1 Å². The molecule has 0 fully saturated rings. The van der Waals surface area contributed by atoms with Crippen molar-refractivity contribution in [2.24, 2.45) is 5.73 Å². The molecule has 0 bridgehead atoms. The third-order valence-corrected chi connectivity index (χ3v) is 2.90. The van der Waals surface area contributed by atoms with E-state index in [0.29, 0.717) is 18.3 Å². The molecule has 7 nitrogen and oxygen atoms in total. The van der Waals surface area contributed by atoms with Crippen LogP contribution in [0.15, 0.2) is 41.1 Å². The summed E-state index contributed by atoms with van der Waals surface area (Å²) >= 11 is 0. The van der Waals surface area contributed by atoms with E-state index < -0.39 is 5.91 Å². The van der Waals surface area contributed by atoms with Crippen molar-refractivity contribution in [1.82, 2.24) is 20.4 Å². The van der Waals surface area contributed by atoms with Crippen LogP contribution in [0.3, 0.4) is 0 Å². The van der Waals surface area contributed by atoms with Crippen LogP contribution in [-0.2, 0) is 11.3 Å². The minimum absolute atomic E-state index is 0.0688. The first-order valence-electron chi connectivity index (χ1n) is 6.39. The molecule has 0 saturated heterocycles. The van der Waals surface area contributed by atoms with Crippen LogP contribution in [0.4, 0.5) is 0 Å². The second kappa shape index (κ2) is 5.68. The number of nitrogens with zero attached hydrogens (tertiary/aromatic N) is 3. The lowest BCUT2D eigenvalue weighted by Gasteiger charge is -1.98. The molecular weight excluding hydrogens is 270 g/mol. The van der Waals surface area contributed by atoms with E-state index in [1.807, 2.05) is 30.3 Å². The molecule has 0 aliphatic carbocycles. The van der Waals surface area contributed by atoms with Gasteiger partial charge in [0.05, 0.1) is 18.6 Å². The van der Waals surface area contributed by atoms with Crippen LogP contribution in [-0.4, -0.2) is 27.6 Å². The quantitative estimate of drug-likeness (QED) is 0.719. The van der Waals surface area contributed by atoms with Crippen LogP contribution >= 0.6 is 0 Å². The third kappa shape index (κ3) is 3.03. The fourth-order valence-corrected chi connectivity index (χ4v) is 1.95. The van der Waals surface area contributed by atoms with Crippen LogP contribution in [0, 0.1) is 0 Å². The third-order valence-electron chi connectivity index (χ3n) is 2.90. The van der Waals surface area contributed by atoms with E-state index >= 15 is 0 Å². The normalized spacial score (nSPS) is 10.9. The molecule has 0 radical (unpaired) electrons. The van der Waals surface area contributed by atoms with Crippen molar-refractivity contribution in [2.45, 2.75) is 6.54 Å². The Morgan fingerprint density at radius 3 is 3.10 bits per heavy atom. The number of aromatic nitrogens is 3. The van der Waals surface area contributed by atoms with E-state index in [1.54, 1.807) is 6.20 Å². The molecule has 1 amide bonds. The molecule has 0 aliphatic heterocycles. The molecule has 21 heavy (non-hydrogen) atoms. The smallest absolute Gasteiger partial charge is 0.240 e. The monoisotopic (exact) mass is 283 g/mol. The van der Waals surface area contributed by atoms with Crippen molar-refractivity contribution in [3.05, 3.63) is 42.4 Å². The number of hydrogen-bond donors (Lipinski definition) is 2. The van der Waals surface area contributed by atoms with E-state index in [9.17, 15) is 4.79 Å². The zero-order valence-corrected chi connectivity index (χ0v) is 11.1. The van der Waals surface area contributed by atoms with Gasteiger partial charge in [-0.15, -0.1) is 0 Å². The number of carbonyl (C=O) groups is 1. The number of benzene rings is 1. The highest BCUT2D eigenvalue weighted by Crippen LogP contribution is 2.21. The maximum absolute atomic E-state index is 10.6. The Balaban J connectivity index is 1.79. The minimum atomic E-state index is -0.434. The van der Waals surface area contributed by atoms with Gasteiger partial charge in [0, 0.05) is 17.1 Å². The van der Waals surface area contributed by atoms with Gasteiger partial charge >= 0.3 is 0 Å². The van der Waals surface area contributed by atoms with E-state index in [1.165, 1.54) is 0 Å². The van der Waals surface area contributed by atoms with Crippen LogP contribution in [0.2, 0.25) is 0 Å². The van der Waals surface area contributed by atoms with Crippen molar-refractivity contribution in [1.29, 1.82) is 0 Å². The van der Waals surface area contributed by atoms with Crippen molar-refractivity contribution < 1.29 is 9.32 Å². The highest BCUT2D eigenvalue weighted by molar-refractivity contribution is 5.82. The van der Waals surface area contributed by atoms with Gasteiger partial charge < -0.3 is 10.3 Å². The number of nitrogens with two attached hydrogens (primary N) is 1. The van der Waals surface area contributed by atoms with Gasteiger partial charge in [-0.2, -0.15) is 4.98 Å². The molecule has 3 aromatic rings. The zero-order valence-electron chi connectivity index (χ0n) is 11.1. The van der Waals surface area contributed by atoms with Gasteiger partial charge in [-0.1, -0.05) is 11.2 Å². The van der Waals surface area contributed by atoms with Crippen LogP contribution in [0.5, 0.6) is 0 Å². The molecule has 0 atom stereocenters. The van der Waals surface area contributed by atoms with Gasteiger partial charge in [-0.25, -0.2) is 0 Å². The Bertz CT molecular complexity index is 784. The van der Waals surface area contributed by atoms with Gasteiger partial charge in [0.2, 0.25) is 17.6 Å². The summed E-state index contributed by atoms with van der Waals surface area (Å²) < 4.78 is 5.12. The number of pyridine rings is 1. The second-order valence-corrected chi connectivity index (χ2v) is 4.49. The molecule has 3 N–H and O–H groups in total. The molecule has 2 aromatic heterocycles. The minimum Gasteiger partial charge on any atom is -0.369 e. The number of fused-ring (bicyclic) bond motifs is 1. The van der Waals surface area contributed by atoms with E-state index in [4.69, 9.17) is 10.3 Å². The maximum atomic E-state index is 10.6. The molecule has 1 aromatic carbocycles. The number of hydrogen-bond acceptors (Lipinski definition) is 6. The number of amides is 1. The number of primary amides is 1. The Hall–Kier alpha value is -2.80. The first kappa shape index (κ1) is 13.2. The molecule has 106 valence electrons. The Morgan fingerprint density at radius 1 is 1.33 bits per heavy atom. The SMILES string of the molecule is NC(=O)CNCc1nc(-c2ccc3ncccc3c2)no1. The predicted molar refractivity (Wildman–Crippen MR) is 75.9 cm³/mol. The van der Waals surface area contributed by atoms with Crippen LogP contribution in [0.25, 0.3) is 22.3 Å². The van der Waals surface area contributed by atoms with Crippen LogP contribution < -0.4 is 11.1 Å². The standard InChI is InChI=1S/C14H13N5O2/c15-12(20)7-16-8-13-18-14(19-21-13)10-3-4-11-9(6-10)2-1-5-17-11/h1-6,16H,7-8H2,(H2,15,20). The molecule has 0 spiro atoms. The topological polar surface area (TPSA) is 107 Å². The number of carbonyl (C=O) groups excluding carboxylic acids is 1. The van der Waals surface area contributed by atoms with Gasteiger partial charge in [-0.05, 0) is 24.3 Å². The summed E-state index contributed by atoms with van der Waals surface area (Å²) in [6, 6.07) is 9.60. The van der Waals surface area contributed by atoms with Gasteiger partial charge in [0.1, 0.15) is 0 Å². The van der Waals surface area contributed by atoms with Crippen molar-refractivity contribution >= 4 is 16.8 Å². The second-order valence-electron chi connectivity index (χ2n) is 4.49. The lowest BCUT2D eigenvalue weighted by Crippen LogP contribution is -2.28. The summed E-state index contributed by atoms with van der Waals surface area (Å²) in [6.07, 6.45) is 1.75. The van der Waals surface area contributed by atoms with Crippen molar-refractivity contribution in [2.75, 3.05) is 6.54 Å². The molecular formula is C14H13N5O2. The predicted octanol–water partition coefficient (Wildman–Crippen LogP) is 0.860. The molecule has 0 unspecified atom stereocenters. The summed E-state index contributed by atoms with van der Waals surface area (Å²) in [5, 5.41) is 7.75. The largest absolute Gasteiger partial charge is 0.369 e. The molecule has 2 heterocycles. The summed E-state index contributed by atoms with van der Waals surface area (Å²) in [5.74, 6) is 0.464. The molecule has 0 aliphatic rings. The highest BCUT2D eigenvalue weighted by Gasteiger charge is 2.09. The highest BCUT2D eigenvalue weighted by atomic mass is 16.5. The Labute approximate surface area is 120 Å². The lowest BCUT2D eigenvalue weighted by atomic mass is 10.1. The summed E-state index contributed by atoms with van der Waals surface area (Å²) in [5.41, 5.74) is 6.79. The fraction of sp³-hybridized carbons (Fsp3) is 0.143.